The van der Waals surface area contributed by atoms with Gasteiger partial charge in [-0.25, -0.2) is 10.2 Å². The van der Waals surface area contributed by atoms with Crippen molar-refractivity contribution in [2.24, 2.45) is 7.05 Å². The van der Waals surface area contributed by atoms with Gasteiger partial charge in [-0.3, -0.25) is 9.99 Å². The molecule has 0 aliphatic rings. The van der Waals surface area contributed by atoms with Gasteiger partial charge in [0.1, 0.15) is 5.82 Å². The van der Waals surface area contributed by atoms with E-state index in [0.717, 1.165) is 5.56 Å². The van der Waals surface area contributed by atoms with E-state index < -0.39 is 5.69 Å². The first-order valence-electron chi connectivity index (χ1n) is 5.92. The normalized spacial score (nSPS) is 10.3. The van der Waals surface area contributed by atoms with Crippen LogP contribution in [-0.4, -0.2) is 21.1 Å². The molecule has 0 atom stereocenters. The van der Waals surface area contributed by atoms with Crippen molar-refractivity contribution in [1.29, 1.82) is 0 Å². The van der Waals surface area contributed by atoms with E-state index in [1.807, 2.05) is 6.07 Å². The molecule has 1 aromatic carbocycles. The summed E-state index contributed by atoms with van der Waals surface area (Å²) in [5, 5.41) is 0.577. The molecule has 1 aromatic heterocycles. The van der Waals surface area contributed by atoms with Gasteiger partial charge in [-0.05, 0) is 12.1 Å². The van der Waals surface area contributed by atoms with E-state index in [9.17, 15) is 4.79 Å². The van der Waals surface area contributed by atoms with Crippen LogP contribution in [0.25, 0.3) is 11.4 Å². The van der Waals surface area contributed by atoms with Crippen LogP contribution in [0.5, 0.6) is 0 Å². The molecule has 0 spiro atoms. The molecule has 2 N–H and O–H groups in total. The monoisotopic (exact) mass is 291 g/mol. The predicted octanol–water partition coefficient (Wildman–Crippen LogP) is 1.60. The average Bonchev–Trinajstić information content (AvgIpc) is 2.43. The number of benzene rings is 1. The summed E-state index contributed by atoms with van der Waals surface area (Å²) in [6, 6.07) is 7.13. The Bertz CT molecular complexity index is 683. The highest BCUT2D eigenvalue weighted by molar-refractivity contribution is 6.30. The van der Waals surface area contributed by atoms with Gasteiger partial charge in [-0.1, -0.05) is 29.8 Å². The fraction of sp³-hybridized carbons (Fsp3) is 0.154. The zero-order valence-electron chi connectivity index (χ0n) is 10.9. The molecule has 104 valence electrons. The zero-order valence-corrected chi connectivity index (χ0v) is 11.7. The fourth-order valence-corrected chi connectivity index (χ4v) is 1.79. The van der Waals surface area contributed by atoms with Crippen LogP contribution < -0.4 is 16.5 Å². The van der Waals surface area contributed by atoms with Crippen LogP contribution in [0.4, 0.5) is 5.95 Å². The second-order valence-corrected chi connectivity index (χ2v) is 4.45. The SMILES string of the molecule is C=CCNNc1nc(-c2cccc(Cl)c2)n(C)c(=O)n1. The highest BCUT2D eigenvalue weighted by atomic mass is 35.5. The summed E-state index contributed by atoms with van der Waals surface area (Å²) in [6.07, 6.45) is 1.67. The Morgan fingerprint density at radius 1 is 1.45 bits per heavy atom. The van der Waals surface area contributed by atoms with E-state index in [2.05, 4.69) is 27.4 Å². The van der Waals surface area contributed by atoms with Gasteiger partial charge in [0, 0.05) is 24.2 Å². The third-order valence-corrected chi connectivity index (χ3v) is 2.78. The Kier molecular flexibility index (Phi) is 4.49. The van der Waals surface area contributed by atoms with E-state index in [4.69, 9.17) is 11.6 Å². The molecule has 1 heterocycles. The van der Waals surface area contributed by atoms with E-state index in [-0.39, 0.29) is 5.95 Å². The summed E-state index contributed by atoms with van der Waals surface area (Å²) >= 11 is 5.96. The lowest BCUT2D eigenvalue weighted by Gasteiger charge is -2.10. The average molecular weight is 292 g/mol. The number of anilines is 1. The molecular formula is C13H14ClN5O. The Hall–Kier alpha value is -2.18. The van der Waals surface area contributed by atoms with Crippen molar-refractivity contribution >= 4 is 17.5 Å². The Balaban J connectivity index is 2.41. The molecule has 2 rings (SSSR count). The molecule has 0 saturated heterocycles. The molecule has 7 heteroatoms. The molecule has 20 heavy (non-hydrogen) atoms. The van der Waals surface area contributed by atoms with Crippen LogP contribution in [0.2, 0.25) is 5.02 Å². The molecule has 0 radical (unpaired) electrons. The van der Waals surface area contributed by atoms with Crippen molar-refractivity contribution in [3.05, 3.63) is 52.4 Å². The van der Waals surface area contributed by atoms with Crippen molar-refractivity contribution in [1.82, 2.24) is 20.0 Å². The lowest BCUT2D eigenvalue weighted by Crippen LogP contribution is -2.29. The van der Waals surface area contributed by atoms with Crippen molar-refractivity contribution in [3.8, 4) is 11.4 Å². The van der Waals surface area contributed by atoms with Crippen molar-refractivity contribution in [2.75, 3.05) is 12.0 Å². The van der Waals surface area contributed by atoms with Crippen molar-refractivity contribution < 1.29 is 0 Å². The van der Waals surface area contributed by atoms with E-state index in [1.54, 1.807) is 31.3 Å². The van der Waals surface area contributed by atoms with Crippen LogP contribution in [0, 0.1) is 0 Å². The number of rotatable bonds is 5. The summed E-state index contributed by atoms with van der Waals surface area (Å²) in [5.41, 5.74) is 5.91. The highest BCUT2D eigenvalue weighted by Crippen LogP contribution is 2.19. The van der Waals surface area contributed by atoms with Gasteiger partial charge in [0.25, 0.3) is 0 Å². The topological polar surface area (TPSA) is 71.8 Å². The summed E-state index contributed by atoms with van der Waals surface area (Å²) < 4.78 is 1.37. The second-order valence-electron chi connectivity index (χ2n) is 4.02. The highest BCUT2D eigenvalue weighted by Gasteiger charge is 2.09. The molecular weight excluding hydrogens is 278 g/mol. The molecule has 0 bridgehead atoms. The van der Waals surface area contributed by atoms with Gasteiger partial charge in [0.15, 0.2) is 0 Å². The van der Waals surface area contributed by atoms with Crippen LogP contribution in [0.1, 0.15) is 0 Å². The molecule has 0 fully saturated rings. The largest absolute Gasteiger partial charge is 0.352 e. The Morgan fingerprint density at radius 2 is 2.25 bits per heavy atom. The first kappa shape index (κ1) is 14.2. The van der Waals surface area contributed by atoms with E-state index in [0.29, 0.717) is 17.4 Å². The minimum absolute atomic E-state index is 0.199. The molecule has 0 unspecified atom stereocenters. The molecule has 0 aliphatic heterocycles. The molecule has 0 saturated carbocycles. The smallest absolute Gasteiger partial charge is 0.289 e. The lowest BCUT2D eigenvalue weighted by atomic mass is 10.2. The van der Waals surface area contributed by atoms with E-state index >= 15 is 0 Å². The maximum Gasteiger partial charge on any atom is 0.352 e. The summed E-state index contributed by atoms with van der Waals surface area (Å²) in [4.78, 5) is 20.0. The minimum Gasteiger partial charge on any atom is -0.289 e. The summed E-state index contributed by atoms with van der Waals surface area (Å²) in [7, 11) is 1.61. The summed E-state index contributed by atoms with van der Waals surface area (Å²) in [6.45, 7) is 4.09. The maximum atomic E-state index is 11.8. The Morgan fingerprint density at radius 3 is 2.95 bits per heavy atom. The summed E-state index contributed by atoms with van der Waals surface area (Å²) in [5.74, 6) is 0.681. The zero-order chi connectivity index (χ0) is 14.5. The van der Waals surface area contributed by atoms with Gasteiger partial charge in [-0.15, -0.1) is 6.58 Å². The van der Waals surface area contributed by atoms with Gasteiger partial charge >= 0.3 is 5.69 Å². The number of halogens is 1. The Labute approximate surface area is 121 Å². The van der Waals surface area contributed by atoms with Crippen molar-refractivity contribution in [2.45, 2.75) is 0 Å². The van der Waals surface area contributed by atoms with Gasteiger partial charge in [0.05, 0.1) is 0 Å². The van der Waals surface area contributed by atoms with Gasteiger partial charge in [-0.2, -0.15) is 9.97 Å². The van der Waals surface area contributed by atoms with Crippen molar-refractivity contribution in [3.63, 3.8) is 0 Å². The van der Waals surface area contributed by atoms with E-state index in [1.165, 1.54) is 4.57 Å². The number of hydrogen-bond donors (Lipinski definition) is 2. The fourth-order valence-electron chi connectivity index (χ4n) is 1.60. The quantitative estimate of drug-likeness (QED) is 0.497. The number of aromatic nitrogens is 3. The number of hydrogen-bond acceptors (Lipinski definition) is 5. The van der Waals surface area contributed by atoms with Crippen LogP contribution in [0.15, 0.2) is 41.7 Å². The van der Waals surface area contributed by atoms with Crippen LogP contribution >= 0.6 is 11.6 Å². The first-order chi connectivity index (χ1) is 9.61. The number of nitrogens with one attached hydrogen (secondary N) is 2. The van der Waals surface area contributed by atoms with Crippen LogP contribution in [0.3, 0.4) is 0 Å². The first-order valence-corrected chi connectivity index (χ1v) is 6.30. The number of hydrazine groups is 1. The standard InChI is InChI=1S/C13H14ClN5O/c1-3-7-15-18-12-16-11(19(2)13(20)17-12)9-5-4-6-10(14)8-9/h3-6,8,15H,1,7H2,2H3,(H,17,18,20). The minimum atomic E-state index is -0.405. The van der Waals surface area contributed by atoms with Crippen LogP contribution in [-0.2, 0) is 7.05 Å². The number of nitrogens with zero attached hydrogens (tertiary/aromatic N) is 3. The maximum absolute atomic E-state index is 11.8. The third kappa shape index (κ3) is 3.23. The lowest BCUT2D eigenvalue weighted by molar-refractivity contribution is 0.769. The molecule has 0 amide bonds. The molecule has 0 aliphatic carbocycles. The second kappa shape index (κ2) is 6.31. The van der Waals surface area contributed by atoms with Gasteiger partial charge < -0.3 is 0 Å². The molecule has 2 aromatic rings. The molecule has 6 nitrogen and oxygen atoms in total. The third-order valence-electron chi connectivity index (χ3n) is 2.55. The van der Waals surface area contributed by atoms with Gasteiger partial charge in [0.2, 0.25) is 5.95 Å². The predicted molar refractivity (Wildman–Crippen MR) is 79.5 cm³/mol.